The van der Waals surface area contributed by atoms with Gasteiger partial charge in [-0.1, -0.05) is 13.8 Å². The molecule has 0 atom stereocenters. The van der Waals surface area contributed by atoms with E-state index in [0.717, 1.165) is 30.0 Å². The summed E-state index contributed by atoms with van der Waals surface area (Å²) in [6, 6.07) is 7.98. The maximum absolute atomic E-state index is 5.67. The van der Waals surface area contributed by atoms with Gasteiger partial charge in [0.05, 0.1) is 12.3 Å². The second kappa shape index (κ2) is 5.87. The van der Waals surface area contributed by atoms with Crippen LogP contribution >= 0.6 is 11.3 Å². The summed E-state index contributed by atoms with van der Waals surface area (Å²) in [4.78, 5) is 4.25. The molecule has 1 aromatic heterocycles. The number of ether oxygens (including phenoxy) is 1. The van der Waals surface area contributed by atoms with Crippen molar-refractivity contribution < 1.29 is 4.74 Å². The molecule has 0 saturated heterocycles. The van der Waals surface area contributed by atoms with Crippen molar-refractivity contribution in [3.63, 3.8) is 0 Å². The summed E-state index contributed by atoms with van der Waals surface area (Å²) in [5.41, 5.74) is 7.61. The monoisotopic (exact) mass is 262 g/mol. The molecule has 1 heterocycles. The number of hydrogen-bond acceptors (Lipinski definition) is 4. The minimum atomic E-state index is 0.599. The molecule has 0 saturated carbocycles. The molecule has 0 radical (unpaired) electrons. The van der Waals surface area contributed by atoms with Crippen LogP contribution in [-0.2, 0) is 0 Å². The van der Waals surface area contributed by atoms with E-state index < -0.39 is 0 Å². The summed E-state index contributed by atoms with van der Waals surface area (Å²) in [6.07, 6.45) is 1.07. The predicted molar refractivity (Wildman–Crippen MR) is 76.9 cm³/mol. The Morgan fingerprint density at radius 2 is 2.00 bits per heavy atom. The van der Waals surface area contributed by atoms with Gasteiger partial charge in [-0.15, -0.1) is 11.3 Å². The summed E-state index contributed by atoms with van der Waals surface area (Å²) in [7, 11) is 0. The Hall–Kier alpha value is -1.55. The summed E-state index contributed by atoms with van der Waals surface area (Å²) < 4.78 is 5.67. The van der Waals surface area contributed by atoms with Crippen LogP contribution in [0.1, 0.15) is 20.3 Å². The number of hydrogen-bond donors (Lipinski definition) is 1. The fraction of sp³-hybridized carbons (Fsp3) is 0.357. The molecule has 4 heteroatoms. The van der Waals surface area contributed by atoms with E-state index in [1.807, 2.05) is 29.6 Å². The summed E-state index contributed by atoms with van der Waals surface area (Å²) in [5, 5.41) is 2.56. The van der Waals surface area contributed by atoms with Crippen molar-refractivity contribution in [1.82, 2.24) is 4.98 Å². The van der Waals surface area contributed by atoms with Gasteiger partial charge in [0.1, 0.15) is 5.75 Å². The number of nitrogen functional groups attached to an aromatic ring is 1. The largest absolute Gasteiger partial charge is 0.494 e. The Balaban J connectivity index is 1.97. The minimum absolute atomic E-state index is 0.599. The van der Waals surface area contributed by atoms with Crippen LogP contribution in [0.5, 0.6) is 5.75 Å². The van der Waals surface area contributed by atoms with Crippen molar-refractivity contribution in [2.24, 2.45) is 5.92 Å². The Labute approximate surface area is 112 Å². The van der Waals surface area contributed by atoms with Gasteiger partial charge in [-0.2, -0.15) is 0 Å². The first-order valence-electron chi connectivity index (χ1n) is 6.09. The Morgan fingerprint density at radius 1 is 1.28 bits per heavy atom. The fourth-order valence-corrected chi connectivity index (χ4v) is 2.13. The molecular weight excluding hydrogens is 244 g/mol. The van der Waals surface area contributed by atoms with Gasteiger partial charge in [0.15, 0.2) is 5.13 Å². The average Bonchev–Trinajstić information content (AvgIpc) is 2.76. The highest BCUT2D eigenvalue weighted by Crippen LogP contribution is 2.25. The van der Waals surface area contributed by atoms with Crippen LogP contribution in [0.2, 0.25) is 0 Å². The van der Waals surface area contributed by atoms with Crippen molar-refractivity contribution in [3.8, 4) is 17.0 Å². The quantitative estimate of drug-likeness (QED) is 0.891. The second-order valence-electron chi connectivity index (χ2n) is 4.63. The van der Waals surface area contributed by atoms with Crippen molar-refractivity contribution in [3.05, 3.63) is 29.6 Å². The zero-order valence-electron chi connectivity index (χ0n) is 10.7. The summed E-state index contributed by atoms with van der Waals surface area (Å²) in [6.45, 7) is 5.15. The first kappa shape index (κ1) is 12.9. The number of anilines is 1. The lowest BCUT2D eigenvalue weighted by Gasteiger charge is -2.08. The van der Waals surface area contributed by atoms with Crippen molar-refractivity contribution in [2.75, 3.05) is 12.3 Å². The summed E-state index contributed by atoms with van der Waals surface area (Å²) >= 11 is 1.46. The van der Waals surface area contributed by atoms with Crippen LogP contribution in [0.4, 0.5) is 5.13 Å². The van der Waals surface area contributed by atoms with Crippen LogP contribution in [0.3, 0.4) is 0 Å². The molecule has 2 N–H and O–H groups in total. The number of nitrogens with two attached hydrogens (primary N) is 1. The highest BCUT2D eigenvalue weighted by Gasteiger charge is 2.03. The molecule has 2 aromatic rings. The SMILES string of the molecule is CC(C)CCOc1ccc(-c2csc(N)n2)cc1. The zero-order valence-corrected chi connectivity index (χ0v) is 11.5. The Bertz CT molecular complexity index is 491. The molecule has 0 aliphatic carbocycles. The van der Waals surface area contributed by atoms with Crippen LogP contribution in [0.25, 0.3) is 11.3 Å². The lowest BCUT2D eigenvalue weighted by molar-refractivity contribution is 0.289. The average molecular weight is 262 g/mol. The molecule has 0 bridgehead atoms. The second-order valence-corrected chi connectivity index (χ2v) is 5.52. The standard InChI is InChI=1S/C14H18N2OS/c1-10(2)7-8-17-12-5-3-11(4-6-12)13-9-18-14(15)16-13/h3-6,9-10H,7-8H2,1-2H3,(H2,15,16). The molecular formula is C14H18N2OS. The van der Waals surface area contributed by atoms with Crippen LogP contribution < -0.4 is 10.5 Å². The first-order valence-corrected chi connectivity index (χ1v) is 6.97. The highest BCUT2D eigenvalue weighted by atomic mass is 32.1. The Morgan fingerprint density at radius 3 is 2.56 bits per heavy atom. The molecule has 0 aliphatic heterocycles. The molecule has 1 aromatic carbocycles. The van der Waals surface area contributed by atoms with Gasteiger partial charge in [0, 0.05) is 10.9 Å². The van der Waals surface area contributed by atoms with Crippen LogP contribution in [0, 0.1) is 5.92 Å². The number of rotatable bonds is 5. The van der Waals surface area contributed by atoms with Gasteiger partial charge in [0.2, 0.25) is 0 Å². The molecule has 0 amide bonds. The maximum Gasteiger partial charge on any atom is 0.180 e. The summed E-state index contributed by atoms with van der Waals surface area (Å²) in [5.74, 6) is 1.57. The van der Waals surface area contributed by atoms with E-state index in [4.69, 9.17) is 10.5 Å². The van der Waals surface area contributed by atoms with Crippen LogP contribution in [-0.4, -0.2) is 11.6 Å². The van der Waals surface area contributed by atoms with Crippen molar-refractivity contribution in [1.29, 1.82) is 0 Å². The van der Waals surface area contributed by atoms with E-state index in [0.29, 0.717) is 11.0 Å². The zero-order chi connectivity index (χ0) is 13.0. The third-order valence-corrected chi connectivity index (χ3v) is 3.31. The molecule has 0 aliphatic rings. The third kappa shape index (κ3) is 3.47. The maximum atomic E-state index is 5.67. The number of thiazole rings is 1. The van der Waals surface area contributed by atoms with Gasteiger partial charge in [-0.05, 0) is 36.6 Å². The fourth-order valence-electron chi connectivity index (χ4n) is 1.55. The molecule has 18 heavy (non-hydrogen) atoms. The van der Waals surface area contributed by atoms with E-state index in [9.17, 15) is 0 Å². The van der Waals surface area contributed by atoms with E-state index in [1.54, 1.807) is 0 Å². The number of benzene rings is 1. The van der Waals surface area contributed by atoms with Gasteiger partial charge in [-0.3, -0.25) is 0 Å². The van der Waals surface area contributed by atoms with Gasteiger partial charge in [-0.25, -0.2) is 4.98 Å². The highest BCUT2D eigenvalue weighted by molar-refractivity contribution is 7.13. The van der Waals surface area contributed by atoms with E-state index in [-0.39, 0.29) is 0 Å². The topological polar surface area (TPSA) is 48.1 Å². The number of nitrogens with zero attached hydrogens (tertiary/aromatic N) is 1. The molecule has 0 unspecified atom stereocenters. The van der Waals surface area contributed by atoms with Crippen molar-refractivity contribution >= 4 is 16.5 Å². The molecule has 2 rings (SSSR count). The lowest BCUT2D eigenvalue weighted by Crippen LogP contribution is -2.01. The number of aromatic nitrogens is 1. The third-order valence-electron chi connectivity index (χ3n) is 2.64. The minimum Gasteiger partial charge on any atom is -0.494 e. The van der Waals surface area contributed by atoms with E-state index in [1.165, 1.54) is 11.3 Å². The first-order chi connectivity index (χ1) is 8.65. The van der Waals surface area contributed by atoms with Crippen molar-refractivity contribution in [2.45, 2.75) is 20.3 Å². The Kier molecular flexibility index (Phi) is 4.20. The van der Waals surface area contributed by atoms with E-state index >= 15 is 0 Å². The lowest BCUT2D eigenvalue weighted by atomic mass is 10.1. The molecule has 0 fully saturated rings. The molecule has 0 spiro atoms. The molecule has 3 nitrogen and oxygen atoms in total. The smallest absolute Gasteiger partial charge is 0.180 e. The predicted octanol–water partition coefficient (Wildman–Crippen LogP) is 3.82. The van der Waals surface area contributed by atoms with Gasteiger partial charge in [0.25, 0.3) is 0 Å². The van der Waals surface area contributed by atoms with Gasteiger partial charge >= 0.3 is 0 Å². The van der Waals surface area contributed by atoms with Crippen LogP contribution in [0.15, 0.2) is 29.6 Å². The normalized spacial score (nSPS) is 10.8. The van der Waals surface area contributed by atoms with E-state index in [2.05, 4.69) is 18.8 Å². The molecule has 96 valence electrons. The van der Waals surface area contributed by atoms with Gasteiger partial charge < -0.3 is 10.5 Å².